The SMILES string of the molecule is CCCC/C=C\CCCCCCCC(=O)OCC(COP(=O)(O)OCCN)OC(=O)CCCCCCCCCCC/C=C\CCCCCCCCCC. The van der Waals surface area contributed by atoms with Crippen LogP contribution in [0.5, 0.6) is 0 Å². The van der Waals surface area contributed by atoms with Gasteiger partial charge in [-0.2, -0.15) is 0 Å². The van der Waals surface area contributed by atoms with E-state index in [1.54, 1.807) is 0 Å². The van der Waals surface area contributed by atoms with Crippen LogP contribution in [0.25, 0.3) is 0 Å². The van der Waals surface area contributed by atoms with Crippen LogP contribution in [0.3, 0.4) is 0 Å². The van der Waals surface area contributed by atoms with Crippen LogP contribution in [-0.2, 0) is 32.7 Å². The van der Waals surface area contributed by atoms with Gasteiger partial charge in [0.1, 0.15) is 6.61 Å². The Labute approximate surface area is 325 Å². The van der Waals surface area contributed by atoms with Crippen LogP contribution in [0.15, 0.2) is 24.3 Å². The molecule has 0 fully saturated rings. The molecule has 2 atom stereocenters. The molecule has 2 unspecified atom stereocenters. The van der Waals surface area contributed by atoms with Crippen molar-refractivity contribution in [2.45, 2.75) is 213 Å². The van der Waals surface area contributed by atoms with Crippen LogP contribution in [0, 0.1) is 0 Å². The molecule has 0 saturated heterocycles. The van der Waals surface area contributed by atoms with Crippen molar-refractivity contribution in [2.75, 3.05) is 26.4 Å². The first-order valence-corrected chi connectivity index (χ1v) is 23.3. The van der Waals surface area contributed by atoms with E-state index in [0.29, 0.717) is 6.42 Å². The minimum atomic E-state index is -4.37. The Hall–Kier alpha value is -1.51. The van der Waals surface area contributed by atoms with Gasteiger partial charge in [-0.15, -0.1) is 0 Å². The van der Waals surface area contributed by atoms with Gasteiger partial charge >= 0.3 is 19.8 Å². The molecule has 3 N–H and O–H groups in total. The van der Waals surface area contributed by atoms with Crippen molar-refractivity contribution < 1.29 is 37.6 Å². The van der Waals surface area contributed by atoms with Crippen molar-refractivity contribution in [3.05, 3.63) is 24.3 Å². The van der Waals surface area contributed by atoms with E-state index >= 15 is 0 Å². The summed E-state index contributed by atoms with van der Waals surface area (Å²) in [7, 11) is -4.37. The maximum Gasteiger partial charge on any atom is 0.472 e. The summed E-state index contributed by atoms with van der Waals surface area (Å²) >= 11 is 0. The molecule has 0 aromatic rings. The zero-order chi connectivity index (χ0) is 38.9. The van der Waals surface area contributed by atoms with Gasteiger partial charge in [-0.25, -0.2) is 4.57 Å². The molecule has 10 heteroatoms. The number of unbranched alkanes of at least 4 members (excludes halogenated alkanes) is 24. The molecule has 0 rings (SSSR count). The summed E-state index contributed by atoms with van der Waals surface area (Å²) < 4.78 is 32.7. The summed E-state index contributed by atoms with van der Waals surface area (Å²) in [4.78, 5) is 34.8. The fourth-order valence-electron chi connectivity index (χ4n) is 6.02. The Balaban J connectivity index is 4.08. The van der Waals surface area contributed by atoms with E-state index in [-0.39, 0.29) is 32.6 Å². The minimum absolute atomic E-state index is 0.0529. The molecule has 0 aliphatic heterocycles. The normalized spacial score (nSPS) is 13.5. The third-order valence-electron chi connectivity index (χ3n) is 9.31. The van der Waals surface area contributed by atoms with Crippen LogP contribution < -0.4 is 5.73 Å². The van der Waals surface area contributed by atoms with Gasteiger partial charge in [-0.05, 0) is 57.8 Å². The van der Waals surface area contributed by atoms with E-state index < -0.39 is 32.5 Å². The van der Waals surface area contributed by atoms with E-state index in [9.17, 15) is 19.0 Å². The van der Waals surface area contributed by atoms with Crippen LogP contribution in [0.1, 0.15) is 206 Å². The molecule has 0 aromatic carbocycles. The molecular formula is C43H82NO8P. The van der Waals surface area contributed by atoms with Crippen LogP contribution in [-0.4, -0.2) is 49.3 Å². The Bertz CT molecular complexity index is 928. The number of esters is 2. The summed E-state index contributed by atoms with van der Waals surface area (Å²) in [5.74, 6) is -0.838. The number of phosphoric acid groups is 1. The highest BCUT2D eigenvalue weighted by molar-refractivity contribution is 7.47. The number of carbonyl (C=O) groups excluding carboxylic acids is 2. The number of hydrogen-bond donors (Lipinski definition) is 2. The number of rotatable bonds is 41. The monoisotopic (exact) mass is 772 g/mol. The standard InChI is InChI=1S/C43H82NO8P/c1-3-5-7-9-11-13-15-16-17-18-19-20-21-22-23-24-26-28-30-32-34-36-43(46)52-41(40-51-53(47,48)50-38-37-44)39-49-42(45)35-33-31-29-27-25-14-12-10-8-6-4-2/h10,12,18-19,41H,3-9,11,13-17,20-40,44H2,1-2H3,(H,47,48)/b12-10-,19-18-. The summed E-state index contributed by atoms with van der Waals surface area (Å²) in [6.45, 7) is 3.69. The summed E-state index contributed by atoms with van der Waals surface area (Å²) in [5, 5.41) is 0. The third-order valence-corrected chi connectivity index (χ3v) is 10.3. The van der Waals surface area contributed by atoms with Gasteiger partial charge in [0, 0.05) is 19.4 Å². The predicted octanol–water partition coefficient (Wildman–Crippen LogP) is 12.4. The second-order valence-corrected chi connectivity index (χ2v) is 16.0. The molecule has 53 heavy (non-hydrogen) atoms. The van der Waals surface area contributed by atoms with Crippen molar-refractivity contribution in [1.82, 2.24) is 0 Å². The molecule has 0 aromatic heterocycles. The second-order valence-electron chi connectivity index (χ2n) is 14.6. The third kappa shape index (κ3) is 40.0. The topological polar surface area (TPSA) is 134 Å². The Morgan fingerprint density at radius 1 is 0.547 bits per heavy atom. The summed E-state index contributed by atoms with van der Waals surface area (Å²) in [5.41, 5.74) is 5.34. The van der Waals surface area contributed by atoms with E-state index in [1.165, 1.54) is 109 Å². The fraction of sp³-hybridized carbons (Fsp3) is 0.860. The lowest BCUT2D eigenvalue weighted by Crippen LogP contribution is -2.29. The quantitative estimate of drug-likeness (QED) is 0.0269. The molecule has 0 aliphatic rings. The summed E-state index contributed by atoms with van der Waals surface area (Å²) in [6.07, 6.45) is 42.1. The molecule has 0 amide bonds. The van der Waals surface area contributed by atoms with Gasteiger partial charge in [0.15, 0.2) is 6.10 Å². The molecular weight excluding hydrogens is 689 g/mol. The molecule has 0 radical (unpaired) electrons. The number of carbonyl (C=O) groups is 2. The summed E-state index contributed by atoms with van der Waals surface area (Å²) in [6, 6.07) is 0. The van der Waals surface area contributed by atoms with Gasteiger partial charge in [-0.3, -0.25) is 18.6 Å². The van der Waals surface area contributed by atoms with E-state index in [0.717, 1.165) is 64.2 Å². The van der Waals surface area contributed by atoms with Crippen molar-refractivity contribution in [3.63, 3.8) is 0 Å². The first-order chi connectivity index (χ1) is 25.8. The molecule has 0 heterocycles. The molecule has 0 bridgehead atoms. The van der Waals surface area contributed by atoms with Crippen molar-refractivity contribution in [1.29, 1.82) is 0 Å². The second kappa shape index (κ2) is 40.2. The lowest BCUT2D eigenvalue weighted by molar-refractivity contribution is -0.161. The van der Waals surface area contributed by atoms with Crippen molar-refractivity contribution in [2.24, 2.45) is 5.73 Å². The number of phosphoric ester groups is 1. The number of nitrogens with two attached hydrogens (primary N) is 1. The van der Waals surface area contributed by atoms with Crippen LogP contribution in [0.4, 0.5) is 0 Å². The zero-order valence-corrected chi connectivity index (χ0v) is 35.2. The average Bonchev–Trinajstić information content (AvgIpc) is 3.14. The van der Waals surface area contributed by atoms with E-state index in [1.807, 2.05) is 0 Å². The van der Waals surface area contributed by atoms with Gasteiger partial charge in [0.25, 0.3) is 0 Å². The van der Waals surface area contributed by atoms with Gasteiger partial charge in [0.05, 0.1) is 13.2 Å². The molecule has 9 nitrogen and oxygen atoms in total. The molecule has 0 aliphatic carbocycles. The highest BCUT2D eigenvalue weighted by atomic mass is 31.2. The van der Waals surface area contributed by atoms with Crippen LogP contribution in [0.2, 0.25) is 0 Å². The molecule has 312 valence electrons. The van der Waals surface area contributed by atoms with Crippen molar-refractivity contribution in [3.8, 4) is 0 Å². The van der Waals surface area contributed by atoms with Gasteiger partial charge in [0.2, 0.25) is 0 Å². The Morgan fingerprint density at radius 3 is 1.40 bits per heavy atom. The largest absolute Gasteiger partial charge is 0.472 e. The lowest BCUT2D eigenvalue weighted by Gasteiger charge is -2.19. The van der Waals surface area contributed by atoms with Crippen LogP contribution >= 0.6 is 7.82 Å². The highest BCUT2D eigenvalue weighted by Gasteiger charge is 2.26. The smallest absolute Gasteiger partial charge is 0.462 e. The molecule has 0 saturated carbocycles. The van der Waals surface area contributed by atoms with Crippen molar-refractivity contribution >= 4 is 19.8 Å². The van der Waals surface area contributed by atoms with E-state index in [2.05, 4.69) is 38.2 Å². The number of ether oxygens (including phenoxy) is 2. The van der Waals surface area contributed by atoms with Gasteiger partial charge < -0.3 is 20.1 Å². The van der Waals surface area contributed by atoms with Gasteiger partial charge in [-0.1, -0.05) is 160 Å². The first kappa shape index (κ1) is 51.5. The molecule has 0 spiro atoms. The lowest BCUT2D eigenvalue weighted by atomic mass is 10.1. The number of hydrogen-bond acceptors (Lipinski definition) is 8. The number of allylic oxidation sites excluding steroid dienone is 4. The fourth-order valence-corrected chi connectivity index (χ4v) is 6.79. The first-order valence-electron chi connectivity index (χ1n) is 21.8. The zero-order valence-electron chi connectivity index (χ0n) is 34.3. The average molecular weight is 772 g/mol. The minimum Gasteiger partial charge on any atom is -0.462 e. The maximum atomic E-state index is 12.6. The maximum absolute atomic E-state index is 12.6. The predicted molar refractivity (Wildman–Crippen MR) is 220 cm³/mol. The Morgan fingerprint density at radius 2 is 0.943 bits per heavy atom. The van der Waals surface area contributed by atoms with E-state index in [4.69, 9.17) is 24.3 Å². The highest BCUT2D eigenvalue weighted by Crippen LogP contribution is 2.43. The Kier molecular flexibility index (Phi) is 39.0.